The fourth-order valence-corrected chi connectivity index (χ4v) is 2.18. The molecule has 0 spiro atoms. The second kappa shape index (κ2) is 4.71. The molecule has 2 aromatic heterocycles. The molecule has 0 radical (unpaired) electrons. The van der Waals surface area contributed by atoms with Crippen LogP contribution < -0.4 is 5.32 Å². The van der Waals surface area contributed by atoms with Gasteiger partial charge in [-0.3, -0.25) is 0 Å². The van der Waals surface area contributed by atoms with Gasteiger partial charge in [-0.05, 0) is 32.3 Å². The first-order valence-electron chi connectivity index (χ1n) is 5.10. The highest BCUT2D eigenvalue weighted by Crippen LogP contribution is 2.20. The summed E-state index contributed by atoms with van der Waals surface area (Å²) in [5.41, 5.74) is 3.03. The summed E-state index contributed by atoms with van der Waals surface area (Å²) in [6, 6.07) is 0.202. The van der Waals surface area contributed by atoms with Gasteiger partial charge in [-0.2, -0.15) is 0 Å². The first kappa shape index (κ1) is 11.2. The normalized spacial score (nSPS) is 12.9. The number of hydrogen-bond acceptors (Lipinski definition) is 6. The van der Waals surface area contributed by atoms with Crippen molar-refractivity contribution >= 4 is 11.5 Å². The summed E-state index contributed by atoms with van der Waals surface area (Å²) < 4.78 is 8.96. The van der Waals surface area contributed by atoms with Crippen LogP contribution in [0.25, 0.3) is 0 Å². The fraction of sp³-hybridized carbons (Fsp3) is 0.500. The van der Waals surface area contributed by atoms with Crippen LogP contribution in [0.3, 0.4) is 0 Å². The van der Waals surface area contributed by atoms with Crippen LogP contribution in [0.15, 0.2) is 9.90 Å². The Bertz CT molecular complexity index is 432. The van der Waals surface area contributed by atoms with Crippen LogP contribution in [-0.2, 0) is 6.54 Å². The topological polar surface area (TPSA) is 63.8 Å². The Balaban J connectivity index is 2.01. The second-order valence-electron chi connectivity index (χ2n) is 3.74. The van der Waals surface area contributed by atoms with Crippen molar-refractivity contribution in [2.45, 2.75) is 33.4 Å². The van der Waals surface area contributed by atoms with Crippen LogP contribution in [-0.4, -0.2) is 14.7 Å². The number of aromatic nitrogens is 3. The minimum absolute atomic E-state index is 0.202. The van der Waals surface area contributed by atoms with E-state index in [0.29, 0.717) is 6.54 Å². The second-order valence-corrected chi connectivity index (χ2v) is 4.35. The molecule has 2 aromatic rings. The monoisotopic (exact) mass is 238 g/mol. The highest BCUT2D eigenvalue weighted by molar-refractivity contribution is 7.03. The van der Waals surface area contributed by atoms with Crippen LogP contribution in [0, 0.1) is 13.8 Å². The Morgan fingerprint density at radius 2 is 2.31 bits per heavy atom. The van der Waals surface area contributed by atoms with Crippen molar-refractivity contribution in [3.8, 4) is 0 Å². The van der Waals surface area contributed by atoms with E-state index in [1.165, 1.54) is 11.5 Å². The summed E-state index contributed by atoms with van der Waals surface area (Å²) >= 11 is 1.36. The highest BCUT2D eigenvalue weighted by atomic mass is 32.1. The van der Waals surface area contributed by atoms with Crippen molar-refractivity contribution in [2.24, 2.45) is 0 Å². The lowest BCUT2D eigenvalue weighted by Gasteiger charge is -2.12. The molecule has 0 amide bonds. The molecule has 1 N–H and O–H groups in total. The highest BCUT2D eigenvalue weighted by Gasteiger charge is 2.15. The number of rotatable bonds is 4. The number of nitrogens with one attached hydrogen (secondary N) is 1. The first-order valence-corrected chi connectivity index (χ1v) is 5.94. The smallest absolute Gasteiger partial charge is 0.138 e. The molecular formula is C10H14N4OS. The van der Waals surface area contributed by atoms with Crippen molar-refractivity contribution in [2.75, 3.05) is 0 Å². The van der Waals surface area contributed by atoms with Crippen molar-refractivity contribution in [1.82, 2.24) is 20.1 Å². The number of nitrogens with zero attached hydrogens (tertiary/aromatic N) is 3. The molecular weight excluding hydrogens is 224 g/mol. The number of aryl methyl sites for hydroxylation is 2. The summed E-state index contributed by atoms with van der Waals surface area (Å²) in [5, 5.41) is 13.2. The Morgan fingerprint density at radius 1 is 1.50 bits per heavy atom. The summed E-state index contributed by atoms with van der Waals surface area (Å²) in [7, 11) is 0. The molecule has 0 saturated carbocycles. The molecule has 1 atom stereocenters. The Labute approximate surface area is 98.0 Å². The maximum atomic E-state index is 5.14. The summed E-state index contributed by atoms with van der Waals surface area (Å²) in [4.78, 5) is 0. The van der Waals surface area contributed by atoms with Gasteiger partial charge in [-0.15, -0.1) is 5.10 Å². The quantitative estimate of drug-likeness (QED) is 0.882. The fourth-order valence-electron chi connectivity index (χ4n) is 1.73. The van der Waals surface area contributed by atoms with Gasteiger partial charge in [-0.1, -0.05) is 9.64 Å². The molecule has 0 aliphatic carbocycles. The van der Waals surface area contributed by atoms with Crippen LogP contribution in [0.2, 0.25) is 0 Å². The Hall–Kier alpha value is -1.27. The van der Waals surface area contributed by atoms with E-state index in [9.17, 15) is 0 Å². The zero-order chi connectivity index (χ0) is 11.5. The molecule has 0 aromatic carbocycles. The van der Waals surface area contributed by atoms with E-state index in [0.717, 1.165) is 22.7 Å². The lowest BCUT2D eigenvalue weighted by molar-refractivity contribution is 0.390. The van der Waals surface area contributed by atoms with E-state index in [2.05, 4.69) is 27.0 Å². The lowest BCUT2D eigenvalue weighted by Crippen LogP contribution is -2.19. The lowest BCUT2D eigenvalue weighted by atomic mass is 10.1. The minimum Gasteiger partial charge on any atom is -0.361 e. The first-order chi connectivity index (χ1) is 7.68. The molecule has 0 aliphatic heterocycles. The van der Waals surface area contributed by atoms with E-state index in [-0.39, 0.29) is 6.04 Å². The molecule has 6 heteroatoms. The van der Waals surface area contributed by atoms with Gasteiger partial charge in [0.1, 0.15) is 5.76 Å². The van der Waals surface area contributed by atoms with Gasteiger partial charge in [0.25, 0.3) is 0 Å². The summed E-state index contributed by atoms with van der Waals surface area (Å²) in [5.74, 6) is 0.869. The van der Waals surface area contributed by atoms with E-state index >= 15 is 0 Å². The van der Waals surface area contributed by atoms with Crippen molar-refractivity contribution in [3.05, 3.63) is 28.1 Å². The zero-order valence-corrected chi connectivity index (χ0v) is 10.3. The molecule has 86 valence electrons. The van der Waals surface area contributed by atoms with Crippen LogP contribution in [0.1, 0.15) is 35.7 Å². The van der Waals surface area contributed by atoms with Crippen LogP contribution in [0.5, 0.6) is 0 Å². The minimum atomic E-state index is 0.202. The maximum Gasteiger partial charge on any atom is 0.138 e. The van der Waals surface area contributed by atoms with Gasteiger partial charge in [0.15, 0.2) is 0 Å². The largest absolute Gasteiger partial charge is 0.361 e. The van der Waals surface area contributed by atoms with Gasteiger partial charge in [-0.25, -0.2) is 0 Å². The van der Waals surface area contributed by atoms with Crippen LogP contribution >= 0.6 is 11.5 Å². The Morgan fingerprint density at radius 3 is 2.88 bits per heavy atom. The van der Waals surface area contributed by atoms with E-state index in [1.54, 1.807) is 0 Å². The SMILES string of the molecule is Cc1noc(C)c1C(C)NCc1csnn1. The zero-order valence-electron chi connectivity index (χ0n) is 9.52. The summed E-state index contributed by atoms with van der Waals surface area (Å²) in [6.07, 6.45) is 0. The van der Waals surface area contributed by atoms with Gasteiger partial charge in [0.2, 0.25) is 0 Å². The molecule has 16 heavy (non-hydrogen) atoms. The third-order valence-corrected chi connectivity index (χ3v) is 3.07. The average molecular weight is 238 g/mol. The standard InChI is InChI=1S/C10H14N4OS/c1-6(10-7(2)13-15-8(10)3)11-4-9-5-16-14-12-9/h5-6,11H,4H2,1-3H3. The third kappa shape index (κ3) is 2.28. The van der Waals surface area contributed by atoms with E-state index < -0.39 is 0 Å². The molecule has 0 aliphatic rings. The molecule has 0 saturated heterocycles. The molecule has 2 rings (SSSR count). The van der Waals surface area contributed by atoms with Crippen molar-refractivity contribution < 1.29 is 4.52 Å². The molecule has 2 heterocycles. The van der Waals surface area contributed by atoms with Crippen molar-refractivity contribution in [3.63, 3.8) is 0 Å². The predicted molar refractivity (Wildman–Crippen MR) is 61.1 cm³/mol. The molecule has 0 bridgehead atoms. The maximum absolute atomic E-state index is 5.14. The number of hydrogen-bond donors (Lipinski definition) is 1. The van der Waals surface area contributed by atoms with Gasteiger partial charge < -0.3 is 9.84 Å². The van der Waals surface area contributed by atoms with Gasteiger partial charge in [0, 0.05) is 23.5 Å². The van der Waals surface area contributed by atoms with E-state index in [1.807, 2.05) is 19.2 Å². The summed E-state index contributed by atoms with van der Waals surface area (Å²) in [6.45, 7) is 6.68. The molecule has 1 unspecified atom stereocenters. The average Bonchev–Trinajstić information content (AvgIpc) is 2.86. The molecule has 0 fully saturated rings. The molecule has 5 nitrogen and oxygen atoms in total. The third-order valence-electron chi connectivity index (χ3n) is 2.52. The van der Waals surface area contributed by atoms with Crippen molar-refractivity contribution in [1.29, 1.82) is 0 Å². The Kier molecular flexibility index (Phi) is 3.31. The van der Waals surface area contributed by atoms with Gasteiger partial charge in [0.05, 0.1) is 11.4 Å². The van der Waals surface area contributed by atoms with E-state index in [4.69, 9.17) is 4.52 Å². The predicted octanol–water partition coefficient (Wildman–Crippen LogP) is 1.99. The van der Waals surface area contributed by atoms with Crippen LogP contribution in [0.4, 0.5) is 0 Å². The van der Waals surface area contributed by atoms with Gasteiger partial charge >= 0.3 is 0 Å².